The van der Waals surface area contributed by atoms with E-state index in [9.17, 15) is 10.1 Å². The van der Waals surface area contributed by atoms with Crippen LogP contribution in [0, 0.1) is 10.1 Å². The number of nitrogens with one attached hydrogen (secondary N) is 1. The number of nitrogens with two attached hydrogens (primary N) is 1. The molecule has 1 aliphatic heterocycles. The SMILES string of the molecule is CC1CN(C)CCCN1c1ncnc(NN)c1[N+](=O)[O-]. The van der Waals surface area contributed by atoms with Crippen molar-refractivity contribution in [3.05, 3.63) is 16.4 Å². The van der Waals surface area contributed by atoms with E-state index in [1.54, 1.807) is 0 Å². The number of hydrazine groups is 1. The van der Waals surface area contributed by atoms with Gasteiger partial charge in [-0.25, -0.2) is 15.8 Å². The number of nitro groups is 1. The van der Waals surface area contributed by atoms with E-state index >= 15 is 0 Å². The summed E-state index contributed by atoms with van der Waals surface area (Å²) in [5, 5.41) is 11.3. The maximum absolute atomic E-state index is 11.3. The molecule has 1 atom stereocenters. The first-order chi connectivity index (χ1) is 9.54. The van der Waals surface area contributed by atoms with Gasteiger partial charge in [0.05, 0.1) is 4.92 Å². The summed E-state index contributed by atoms with van der Waals surface area (Å²) in [5.74, 6) is 5.66. The van der Waals surface area contributed by atoms with E-state index in [0.717, 1.165) is 19.5 Å². The van der Waals surface area contributed by atoms with Crippen molar-refractivity contribution < 1.29 is 4.92 Å². The minimum absolute atomic E-state index is 0.0322. The van der Waals surface area contributed by atoms with E-state index in [0.29, 0.717) is 12.4 Å². The normalized spacial score (nSPS) is 20.6. The van der Waals surface area contributed by atoms with Crippen molar-refractivity contribution in [2.45, 2.75) is 19.4 Å². The fraction of sp³-hybridized carbons (Fsp3) is 0.636. The van der Waals surface area contributed by atoms with E-state index in [2.05, 4.69) is 20.3 Å². The van der Waals surface area contributed by atoms with Crippen LogP contribution in [0.3, 0.4) is 0 Å². The van der Waals surface area contributed by atoms with Crippen molar-refractivity contribution in [2.24, 2.45) is 5.84 Å². The number of anilines is 2. The first kappa shape index (κ1) is 14.4. The lowest BCUT2D eigenvalue weighted by Gasteiger charge is -2.28. The zero-order valence-electron chi connectivity index (χ0n) is 11.6. The van der Waals surface area contributed by atoms with Gasteiger partial charge < -0.3 is 15.2 Å². The zero-order chi connectivity index (χ0) is 14.7. The highest BCUT2D eigenvalue weighted by Gasteiger charge is 2.30. The first-order valence-electron chi connectivity index (χ1n) is 6.45. The lowest BCUT2D eigenvalue weighted by Crippen LogP contribution is -2.39. The standard InChI is InChI=1S/C11H19N7O2/c1-8-6-16(2)4-3-5-17(8)11-9(18(19)20)10(15-12)13-7-14-11/h7-8H,3-6,12H2,1-2H3,(H,13,14,15). The van der Waals surface area contributed by atoms with Gasteiger partial charge in [-0.15, -0.1) is 0 Å². The summed E-state index contributed by atoms with van der Waals surface area (Å²) in [5.41, 5.74) is 2.09. The van der Waals surface area contributed by atoms with E-state index in [-0.39, 0.29) is 17.5 Å². The van der Waals surface area contributed by atoms with Gasteiger partial charge in [0.15, 0.2) is 0 Å². The Bertz CT molecular complexity index is 496. The molecule has 9 nitrogen and oxygen atoms in total. The van der Waals surface area contributed by atoms with Gasteiger partial charge in [-0.05, 0) is 26.9 Å². The number of aromatic nitrogens is 2. The molecule has 9 heteroatoms. The highest BCUT2D eigenvalue weighted by atomic mass is 16.6. The maximum atomic E-state index is 11.3. The Morgan fingerprint density at radius 3 is 2.90 bits per heavy atom. The summed E-state index contributed by atoms with van der Waals surface area (Å²) in [6.45, 7) is 4.53. The van der Waals surface area contributed by atoms with Gasteiger partial charge in [0.1, 0.15) is 6.33 Å². The number of rotatable bonds is 3. The third-order valence-corrected chi connectivity index (χ3v) is 3.44. The van der Waals surface area contributed by atoms with E-state index < -0.39 is 4.92 Å². The number of nitrogen functional groups attached to an aromatic ring is 1. The van der Waals surface area contributed by atoms with Gasteiger partial charge in [0, 0.05) is 19.1 Å². The molecule has 110 valence electrons. The van der Waals surface area contributed by atoms with Crippen LogP contribution in [0.25, 0.3) is 0 Å². The summed E-state index contributed by atoms with van der Waals surface area (Å²) >= 11 is 0. The second-order valence-corrected chi connectivity index (χ2v) is 4.95. The average molecular weight is 281 g/mol. The van der Waals surface area contributed by atoms with Crippen LogP contribution in [-0.4, -0.2) is 52.5 Å². The molecule has 0 saturated carbocycles. The van der Waals surface area contributed by atoms with Gasteiger partial charge >= 0.3 is 5.69 Å². The Labute approximate surface area is 116 Å². The monoisotopic (exact) mass is 281 g/mol. The summed E-state index contributed by atoms with van der Waals surface area (Å²) < 4.78 is 0. The van der Waals surface area contributed by atoms with Crippen molar-refractivity contribution >= 4 is 17.3 Å². The molecule has 1 aromatic heterocycles. The predicted molar refractivity (Wildman–Crippen MR) is 75.4 cm³/mol. The molecule has 2 heterocycles. The summed E-state index contributed by atoms with van der Waals surface area (Å²) in [4.78, 5) is 22.9. The van der Waals surface area contributed by atoms with Crippen LogP contribution in [0.5, 0.6) is 0 Å². The molecule has 0 aromatic carbocycles. The maximum Gasteiger partial charge on any atom is 0.354 e. The number of hydrogen-bond donors (Lipinski definition) is 2. The van der Waals surface area contributed by atoms with Crippen LogP contribution in [0.4, 0.5) is 17.3 Å². The van der Waals surface area contributed by atoms with Gasteiger partial charge in [0.25, 0.3) is 0 Å². The Balaban J connectivity index is 2.43. The molecule has 1 saturated heterocycles. The Kier molecular flexibility index (Phi) is 4.30. The van der Waals surface area contributed by atoms with Crippen molar-refractivity contribution in [1.82, 2.24) is 14.9 Å². The van der Waals surface area contributed by atoms with Crippen molar-refractivity contribution in [3.8, 4) is 0 Å². The number of likely N-dealkylation sites (N-methyl/N-ethyl adjacent to an activating group) is 1. The minimum Gasteiger partial charge on any atom is -0.347 e. The zero-order valence-corrected chi connectivity index (χ0v) is 11.6. The lowest BCUT2D eigenvalue weighted by molar-refractivity contribution is -0.383. The van der Waals surface area contributed by atoms with Crippen LogP contribution in [0.1, 0.15) is 13.3 Å². The number of nitrogens with zero attached hydrogens (tertiary/aromatic N) is 5. The quantitative estimate of drug-likeness (QED) is 0.459. The summed E-state index contributed by atoms with van der Waals surface area (Å²) in [7, 11) is 2.04. The second-order valence-electron chi connectivity index (χ2n) is 4.95. The Hall–Kier alpha value is -2.00. The first-order valence-corrected chi connectivity index (χ1v) is 6.45. The highest BCUT2D eigenvalue weighted by Crippen LogP contribution is 2.32. The Morgan fingerprint density at radius 2 is 2.25 bits per heavy atom. The predicted octanol–water partition coefficient (Wildman–Crippen LogP) is 0.201. The second kappa shape index (κ2) is 5.97. The lowest BCUT2D eigenvalue weighted by atomic mass is 10.2. The third kappa shape index (κ3) is 2.78. The smallest absolute Gasteiger partial charge is 0.347 e. The largest absolute Gasteiger partial charge is 0.354 e. The van der Waals surface area contributed by atoms with Crippen LogP contribution < -0.4 is 16.2 Å². The van der Waals surface area contributed by atoms with Crippen LogP contribution in [0.15, 0.2) is 6.33 Å². The molecule has 0 amide bonds. The Morgan fingerprint density at radius 1 is 1.50 bits per heavy atom. The molecule has 0 radical (unpaired) electrons. The highest BCUT2D eigenvalue weighted by molar-refractivity contribution is 5.70. The molecule has 1 unspecified atom stereocenters. The van der Waals surface area contributed by atoms with Crippen LogP contribution >= 0.6 is 0 Å². The van der Waals surface area contributed by atoms with Gasteiger partial charge in [-0.3, -0.25) is 10.1 Å². The van der Waals surface area contributed by atoms with E-state index in [4.69, 9.17) is 5.84 Å². The molecule has 0 bridgehead atoms. The minimum atomic E-state index is -0.494. The van der Waals surface area contributed by atoms with E-state index in [1.807, 2.05) is 18.9 Å². The molecule has 3 N–H and O–H groups in total. The molecular weight excluding hydrogens is 262 g/mol. The van der Waals surface area contributed by atoms with Crippen LogP contribution in [0.2, 0.25) is 0 Å². The fourth-order valence-electron chi connectivity index (χ4n) is 2.54. The average Bonchev–Trinajstić information content (AvgIpc) is 2.58. The van der Waals surface area contributed by atoms with E-state index in [1.165, 1.54) is 6.33 Å². The number of hydrogen-bond acceptors (Lipinski definition) is 8. The van der Waals surface area contributed by atoms with Crippen molar-refractivity contribution in [1.29, 1.82) is 0 Å². The van der Waals surface area contributed by atoms with Crippen LogP contribution in [-0.2, 0) is 0 Å². The van der Waals surface area contributed by atoms with Gasteiger partial charge in [-0.2, -0.15) is 0 Å². The fourth-order valence-corrected chi connectivity index (χ4v) is 2.54. The van der Waals surface area contributed by atoms with Gasteiger partial charge in [-0.1, -0.05) is 0 Å². The molecule has 1 aliphatic rings. The topological polar surface area (TPSA) is 113 Å². The molecule has 1 fully saturated rings. The third-order valence-electron chi connectivity index (χ3n) is 3.44. The molecule has 2 rings (SSSR count). The summed E-state index contributed by atoms with van der Waals surface area (Å²) in [6.07, 6.45) is 2.21. The molecular formula is C11H19N7O2. The molecule has 0 spiro atoms. The van der Waals surface area contributed by atoms with Gasteiger partial charge in [0.2, 0.25) is 11.6 Å². The van der Waals surface area contributed by atoms with Crippen molar-refractivity contribution in [3.63, 3.8) is 0 Å². The van der Waals surface area contributed by atoms with Crippen molar-refractivity contribution in [2.75, 3.05) is 37.0 Å². The molecule has 1 aromatic rings. The summed E-state index contributed by atoms with van der Waals surface area (Å²) in [6, 6.07) is 0.127. The molecule has 0 aliphatic carbocycles. The molecule has 20 heavy (non-hydrogen) atoms.